The van der Waals surface area contributed by atoms with Gasteiger partial charge in [0.1, 0.15) is 6.04 Å². The normalized spacial score (nSPS) is 16.1. The third kappa shape index (κ3) is 7.14. The van der Waals surface area contributed by atoms with Crippen LogP contribution >= 0.6 is 0 Å². The minimum atomic E-state index is -0.566. The molecule has 3 N–H and O–H groups in total. The number of hydrogen-bond acceptors (Lipinski definition) is 5. The van der Waals surface area contributed by atoms with Crippen LogP contribution in [0.4, 0.5) is 4.79 Å². The maximum absolute atomic E-state index is 12.8. The molecule has 1 unspecified atom stereocenters. The Morgan fingerprint density at radius 1 is 1.17 bits per heavy atom. The highest BCUT2D eigenvalue weighted by Crippen LogP contribution is 2.27. The Morgan fingerprint density at radius 3 is 2.48 bits per heavy atom. The van der Waals surface area contributed by atoms with E-state index in [9.17, 15) is 14.4 Å². The van der Waals surface area contributed by atoms with Crippen LogP contribution in [-0.4, -0.2) is 62.6 Å². The highest BCUT2D eigenvalue weighted by atomic mass is 16.5. The predicted molar refractivity (Wildman–Crippen MR) is 110 cm³/mol. The summed E-state index contributed by atoms with van der Waals surface area (Å²) in [6.07, 6.45) is 2.15. The van der Waals surface area contributed by atoms with Gasteiger partial charge in [0.05, 0.1) is 0 Å². The minimum absolute atomic E-state index is 0.0585. The Bertz CT molecular complexity index is 660. The summed E-state index contributed by atoms with van der Waals surface area (Å²) in [6.45, 7) is 5.11. The van der Waals surface area contributed by atoms with Crippen LogP contribution in [0.1, 0.15) is 37.8 Å². The van der Waals surface area contributed by atoms with Crippen molar-refractivity contribution in [2.45, 2.75) is 32.2 Å². The van der Waals surface area contributed by atoms with Gasteiger partial charge in [0, 0.05) is 32.7 Å². The van der Waals surface area contributed by atoms with E-state index < -0.39 is 12.1 Å². The molecule has 4 amide bonds. The molecule has 1 aromatic rings. The second-order valence-corrected chi connectivity index (χ2v) is 7.03. The number of carbonyl (C=O) groups is 3. The first kappa shape index (κ1) is 22.8. The highest BCUT2D eigenvalue weighted by molar-refractivity contribution is 5.97. The molecule has 1 aliphatic heterocycles. The van der Waals surface area contributed by atoms with E-state index in [1.165, 1.54) is 7.05 Å². The quantitative estimate of drug-likeness (QED) is 0.541. The number of nitrogens with zero attached hydrogens (tertiary/aromatic N) is 1. The van der Waals surface area contributed by atoms with Gasteiger partial charge in [-0.05, 0) is 44.8 Å². The zero-order chi connectivity index (χ0) is 21.1. The third-order valence-electron chi connectivity index (χ3n) is 5.06. The predicted octanol–water partition coefficient (Wildman–Crippen LogP) is 1.44. The average Bonchev–Trinajstić information content (AvgIpc) is 2.74. The lowest BCUT2D eigenvalue weighted by Gasteiger charge is -2.36. The molecule has 0 spiro atoms. The van der Waals surface area contributed by atoms with Crippen LogP contribution in [0.25, 0.3) is 0 Å². The van der Waals surface area contributed by atoms with Gasteiger partial charge in [-0.3, -0.25) is 19.8 Å². The van der Waals surface area contributed by atoms with Crippen LogP contribution in [0, 0.1) is 5.92 Å². The maximum atomic E-state index is 12.8. The second kappa shape index (κ2) is 12.2. The molecule has 160 valence electrons. The molecule has 8 nitrogen and oxygen atoms in total. The molecule has 1 saturated heterocycles. The lowest BCUT2D eigenvalue weighted by Crippen LogP contribution is -2.49. The van der Waals surface area contributed by atoms with E-state index in [1.54, 1.807) is 0 Å². The van der Waals surface area contributed by atoms with Crippen molar-refractivity contribution in [1.29, 1.82) is 0 Å². The standard InChI is InChI=1S/C21H32N4O4/c1-3-29-15-7-12-23-19(26)17-10-13-25(14-11-17)18(16-8-5-4-6-9-16)20(27)24-21(28)22-2/h4-6,8-9,17-18H,3,7,10-15H2,1-2H3,(H,23,26)(H2,22,24,27,28). The largest absolute Gasteiger partial charge is 0.382 e. The topological polar surface area (TPSA) is 99.8 Å². The number of nitrogens with one attached hydrogen (secondary N) is 3. The van der Waals surface area contributed by atoms with E-state index in [1.807, 2.05) is 42.2 Å². The number of amides is 4. The van der Waals surface area contributed by atoms with Gasteiger partial charge < -0.3 is 15.4 Å². The Kier molecular flexibility index (Phi) is 9.59. The first-order chi connectivity index (χ1) is 14.1. The fraction of sp³-hybridized carbons (Fsp3) is 0.571. The van der Waals surface area contributed by atoms with Crippen molar-refractivity contribution < 1.29 is 19.1 Å². The number of rotatable bonds is 9. The number of carbonyl (C=O) groups excluding carboxylic acids is 3. The molecular formula is C21H32N4O4. The highest BCUT2D eigenvalue weighted by Gasteiger charge is 2.33. The summed E-state index contributed by atoms with van der Waals surface area (Å²) in [4.78, 5) is 38.8. The van der Waals surface area contributed by atoms with Crippen molar-refractivity contribution in [3.8, 4) is 0 Å². The summed E-state index contributed by atoms with van der Waals surface area (Å²) >= 11 is 0. The number of imide groups is 1. The molecule has 1 atom stereocenters. The molecule has 1 aliphatic rings. The lowest BCUT2D eigenvalue weighted by molar-refractivity contribution is -0.128. The van der Waals surface area contributed by atoms with Crippen LogP contribution in [0.3, 0.4) is 0 Å². The van der Waals surface area contributed by atoms with Gasteiger partial charge >= 0.3 is 6.03 Å². The summed E-state index contributed by atoms with van der Waals surface area (Å²) in [6, 6.07) is 8.30. The Morgan fingerprint density at radius 2 is 1.86 bits per heavy atom. The number of hydrogen-bond donors (Lipinski definition) is 3. The average molecular weight is 405 g/mol. The summed E-state index contributed by atoms with van der Waals surface area (Å²) in [5.74, 6) is -0.363. The zero-order valence-electron chi connectivity index (χ0n) is 17.3. The molecule has 0 radical (unpaired) electrons. The first-order valence-electron chi connectivity index (χ1n) is 10.2. The summed E-state index contributed by atoms with van der Waals surface area (Å²) in [5, 5.41) is 7.76. The monoisotopic (exact) mass is 404 g/mol. The number of likely N-dealkylation sites (tertiary alicyclic amines) is 1. The van der Waals surface area contributed by atoms with Crippen molar-refractivity contribution in [2.24, 2.45) is 5.92 Å². The molecule has 29 heavy (non-hydrogen) atoms. The van der Waals surface area contributed by atoms with Gasteiger partial charge in [-0.25, -0.2) is 4.79 Å². The van der Waals surface area contributed by atoms with Crippen molar-refractivity contribution in [3.05, 3.63) is 35.9 Å². The fourth-order valence-electron chi connectivity index (χ4n) is 3.50. The SMILES string of the molecule is CCOCCCNC(=O)C1CCN(C(C(=O)NC(=O)NC)c2ccccc2)CC1. The molecule has 1 aromatic carbocycles. The van der Waals surface area contributed by atoms with Crippen LogP contribution < -0.4 is 16.0 Å². The maximum Gasteiger partial charge on any atom is 0.321 e. The van der Waals surface area contributed by atoms with E-state index in [4.69, 9.17) is 4.74 Å². The van der Waals surface area contributed by atoms with Gasteiger partial charge in [-0.2, -0.15) is 0 Å². The number of piperidine rings is 1. The molecule has 1 fully saturated rings. The van der Waals surface area contributed by atoms with Crippen LogP contribution in [0.5, 0.6) is 0 Å². The zero-order valence-corrected chi connectivity index (χ0v) is 17.3. The number of benzene rings is 1. The molecule has 0 saturated carbocycles. The van der Waals surface area contributed by atoms with Crippen molar-refractivity contribution in [2.75, 3.05) is 39.9 Å². The second-order valence-electron chi connectivity index (χ2n) is 7.03. The third-order valence-corrected chi connectivity index (χ3v) is 5.06. The minimum Gasteiger partial charge on any atom is -0.382 e. The Labute approximate surface area is 172 Å². The molecule has 1 heterocycles. The number of ether oxygens (including phenoxy) is 1. The van der Waals surface area contributed by atoms with E-state index in [0.29, 0.717) is 45.7 Å². The Balaban J connectivity index is 1.93. The van der Waals surface area contributed by atoms with Gasteiger partial charge in [0.15, 0.2) is 0 Å². The molecular weight excluding hydrogens is 372 g/mol. The summed E-state index contributed by atoms with van der Waals surface area (Å²) in [5.41, 5.74) is 0.827. The van der Waals surface area contributed by atoms with Crippen molar-refractivity contribution in [1.82, 2.24) is 20.9 Å². The fourth-order valence-corrected chi connectivity index (χ4v) is 3.50. The van der Waals surface area contributed by atoms with Crippen molar-refractivity contribution in [3.63, 3.8) is 0 Å². The van der Waals surface area contributed by atoms with Crippen LogP contribution in [-0.2, 0) is 14.3 Å². The molecule has 0 aromatic heterocycles. The molecule has 2 rings (SSSR count). The summed E-state index contributed by atoms with van der Waals surface area (Å²) < 4.78 is 5.28. The van der Waals surface area contributed by atoms with Crippen molar-refractivity contribution >= 4 is 17.8 Å². The van der Waals surface area contributed by atoms with E-state index in [2.05, 4.69) is 16.0 Å². The molecule has 0 aliphatic carbocycles. The van der Waals surface area contributed by atoms with Gasteiger partial charge in [-0.15, -0.1) is 0 Å². The van der Waals surface area contributed by atoms with E-state index >= 15 is 0 Å². The molecule has 8 heteroatoms. The van der Waals surface area contributed by atoms with Gasteiger partial charge in [0.25, 0.3) is 0 Å². The molecule has 0 bridgehead atoms. The van der Waals surface area contributed by atoms with Gasteiger partial charge in [-0.1, -0.05) is 30.3 Å². The number of urea groups is 1. The van der Waals surface area contributed by atoms with Crippen LogP contribution in [0.15, 0.2) is 30.3 Å². The Hall–Kier alpha value is -2.45. The van der Waals surface area contributed by atoms with E-state index in [0.717, 1.165) is 12.0 Å². The first-order valence-corrected chi connectivity index (χ1v) is 10.2. The van der Waals surface area contributed by atoms with Gasteiger partial charge in [0.2, 0.25) is 11.8 Å². The van der Waals surface area contributed by atoms with E-state index in [-0.39, 0.29) is 17.7 Å². The van der Waals surface area contributed by atoms with Crippen LogP contribution in [0.2, 0.25) is 0 Å². The lowest BCUT2D eigenvalue weighted by atomic mass is 9.93. The smallest absolute Gasteiger partial charge is 0.321 e. The summed E-state index contributed by atoms with van der Waals surface area (Å²) in [7, 11) is 1.47.